The highest BCUT2D eigenvalue weighted by molar-refractivity contribution is 5.79. The Kier molecular flexibility index (Phi) is 8.17. The van der Waals surface area contributed by atoms with Gasteiger partial charge in [0.25, 0.3) is 0 Å². The standard InChI is InChI=1S/C23H29F3N4O/c1-27-22(29-15-20-6-2-3-7-21(20)31-17-23(24,25)26)28-14-18-8-10-19(11-9-18)16-30-12-4-5-13-30/h2-3,6-11H,4-5,12-17H2,1H3,(H2,27,28,29). The van der Waals surface area contributed by atoms with Crippen molar-refractivity contribution in [2.45, 2.75) is 38.7 Å². The Balaban J connectivity index is 1.48. The lowest BCUT2D eigenvalue weighted by Gasteiger charge is -2.16. The Morgan fingerprint density at radius 2 is 1.61 bits per heavy atom. The van der Waals surface area contributed by atoms with Crippen LogP contribution in [0, 0.1) is 0 Å². The molecule has 1 heterocycles. The number of guanidine groups is 1. The molecule has 0 bridgehead atoms. The molecular formula is C23H29F3N4O. The summed E-state index contributed by atoms with van der Waals surface area (Å²) in [5.41, 5.74) is 3.06. The molecule has 5 nitrogen and oxygen atoms in total. The molecule has 0 aromatic heterocycles. The minimum Gasteiger partial charge on any atom is -0.484 e. The van der Waals surface area contributed by atoms with Gasteiger partial charge in [0, 0.05) is 32.2 Å². The summed E-state index contributed by atoms with van der Waals surface area (Å²) in [5, 5.41) is 6.36. The Morgan fingerprint density at radius 3 is 2.29 bits per heavy atom. The normalized spacial score (nSPS) is 15.2. The van der Waals surface area contributed by atoms with E-state index in [1.54, 1.807) is 25.2 Å². The molecule has 0 unspecified atom stereocenters. The second-order valence-electron chi connectivity index (χ2n) is 7.59. The van der Waals surface area contributed by atoms with Crippen molar-refractivity contribution >= 4 is 5.96 Å². The number of alkyl halides is 3. The topological polar surface area (TPSA) is 48.9 Å². The Hall–Kier alpha value is -2.74. The van der Waals surface area contributed by atoms with Crippen molar-refractivity contribution in [1.29, 1.82) is 0 Å². The van der Waals surface area contributed by atoms with Crippen LogP contribution < -0.4 is 15.4 Å². The number of hydrogen-bond donors (Lipinski definition) is 2. The van der Waals surface area contributed by atoms with E-state index >= 15 is 0 Å². The molecule has 0 radical (unpaired) electrons. The van der Waals surface area contributed by atoms with Gasteiger partial charge in [-0.05, 0) is 43.1 Å². The first kappa shape index (κ1) is 22.9. The first-order chi connectivity index (χ1) is 14.9. The zero-order valence-electron chi connectivity index (χ0n) is 17.7. The average molecular weight is 435 g/mol. The van der Waals surface area contributed by atoms with Crippen LogP contribution in [-0.2, 0) is 19.6 Å². The number of para-hydroxylation sites is 1. The fraction of sp³-hybridized carbons (Fsp3) is 0.435. The zero-order chi connectivity index (χ0) is 22.1. The number of rotatable bonds is 8. The highest BCUT2D eigenvalue weighted by Gasteiger charge is 2.28. The van der Waals surface area contributed by atoms with E-state index < -0.39 is 12.8 Å². The lowest BCUT2D eigenvalue weighted by molar-refractivity contribution is -0.153. The van der Waals surface area contributed by atoms with Crippen molar-refractivity contribution in [1.82, 2.24) is 15.5 Å². The maximum absolute atomic E-state index is 12.5. The first-order valence-electron chi connectivity index (χ1n) is 10.4. The maximum Gasteiger partial charge on any atom is 0.422 e. The van der Waals surface area contributed by atoms with Crippen LogP contribution in [0.3, 0.4) is 0 Å². The van der Waals surface area contributed by atoms with E-state index in [0.717, 1.165) is 12.1 Å². The molecule has 1 aliphatic rings. The van der Waals surface area contributed by atoms with Crippen molar-refractivity contribution in [2.75, 3.05) is 26.7 Å². The predicted octanol–water partition coefficient (Wildman–Crippen LogP) is 4.09. The van der Waals surface area contributed by atoms with Crippen LogP contribution in [0.2, 0.25) is 0 Å². The van der Waals surface area contributed by atoms with Crippen molar-refractivity contribution in [3.63, 3.8) is 0 Å². The van der Waals surface area contributed by atoms with Crippen LogP contribution in [0.15, 0.2) is 53.5 Å². The molecule has 168 valence electrons. The van der Waals surface area contributed by atoms with Gasteiger partial charge in [-0.1, -0.05) is 42.5 Å². The average Bonchev–Trinajstić information content (AvgIpc) is 3.26. The third-order valence-electron chi connectivity index (χ3n) is 5.12. The molecule has 2 N–H and O–H groups in total. The van der Waals surface area contributed by atoms with Crippen molar-refractivity contribution in [2.24, 2.45) is 4.99 Å². The summed E-state index contributed by atoms with van der Waals surface area (Å²) >= 11 is 0. The monoisotopic (exact) mass is 434 g/mol. The van der Waals surface area contributed by atoms with Gasteiger partial charge in [-0.2, -0.15) is 13.2 Å². The number of likely N-dealkylation sites (tertiary alicyclic amines) is 1. The predicted molar refractivity (Wildman–Crippen MR) is 116 cm³/mol. The van der Waals surface area contributed by atoms with Gasteiger partial charge in [0.2, 0.25) is 0 Å². The summed E-state index contributed by atoms with van der Waals surface area (Å²) in [4.78, 5) is 6.65. The summed E-state index contributed by atoms with van der Waals surface area (Å²) in [5.74, 6) is 0.767. The minimum atomic E-state index is -4.37. The van der Waals surface area contributed by atoms with E-state index in [2.05, 4.69) is 44.8 Å². The Labute approximate surface area is 181 Å². The van der Waals surface area contributed by atoms with Crippen LogP contribution in [0.25, 0.3) is 0 Å². The van der Waals surface area contributed by atoms with Gasteiger partial charge >= 0.3 is 6.18 Å². The summed E-state index contributed by atoms with van der Waals surface area (Å²) in [6, 6.07) is 15.2. The van der Waals surface area contributed by atoms with Gasteiger partial charge in [0.1, 0.15) is 5.75 Å². The number of hydrogen-bond acceptors (Lipinski definition) is 3. The smallest absolute Gasteiger partial charge is 0.422 e. The third-order valence-corrected chi connectivity index (χ3v) is 5.12. The van der Waals surface area contributed by atoms with E-state index in [1.807, 2.05) is 0 Å². The molecule has 2 aromatic rings. The third kappa shape index (κ3) is 7.79. The highest BCUT2D eigenvalue weighted by Crippen LogP contribution is 2.22. The van der Waals surface area contributed by atoms with E-state index in [9.17, 15) is 13.2 Å². The molecular weight excluding hydrogens is 405 g/mol. The summed E-state index contributed by atoms with van der Waals surface area (Å²) in [7, 11) is 1.65. The molecule has 1 aliphatic heterocycles. The van der Waals surface area contributed by atoms with Crippen LogP contribution in [-0.4, -0.2) is 43.8 Å². The molecule has 0 amide bonds. The zero-order valence-corrected chi connectivity index (χ0v) is 17.7. The van der Waals surface area contributed by atoms with Crippen molar-refractivity contribution in [3.05, 3.63) is 65.2 Å². The van der Waals surface area contributed by atoms with E-state index in [4.69, 9.17) is 4.74 Å². The maximum atomic E-state index is 12.5. The minimum absolute atomic E-state index is 0.205. The molecule has 0 atom stereocenters. The molecule has 1 saturated heterocycles. The van der Waals surface area contributed by atoms with Crippen molar-refractivity contribution in [3.8, 4) is 5.75 Å². The summed E-state index contributed by atoms with van der Waals surface area (Å²) in [6.45, 7) is 2.92. The highest BCUT2D eigenvalue weighted by atomic mass is 19.4. The van der Waals surface area contributed by atoms with E-state index in [-0.39, 0.29) is 5.75 Å². The summed E-state index contributed by atoms with van der Waals surface area (Å²) in [6.07, 6.45) is -1.80. The fourth-order valence-corrected chi connectivity index (χ4v) is 3.50. The van der Waals surface area contributed by atoms with Gasteiger partial charge in [0.05, 0.1) is 0 Å². The van der Waals surface area contributed by atoms with Crippen LogP contribution >= 0.6 is 0 Å². The van der Waals surface area contributed by atoms with Gasteiger partial charge in [0.15, 0.2) is 12.6 Å². The second kappa shape index (κ2) is 11.0. The molecule has 2 aromatic carbocycles. The lowest BCUT2D eigenvalue weighted by Crippen LogP contribution is -2.36. The number of ether oxygens (including phenoxy) is 1. The van der Waals surface area contributed by atoms with E-state index in [0.29, 0.717) is 24.6 Å². The van der Waals surface area contributed by atoms with E-state index in [1.165, 1.54) is 37.6 Å². The SMILES string of the molecule is CN=C(NCc1ccc(CN2CCCC2)cc1)NCc1ccccc1OCC(F)(F)F. The van der Waals surface area contributed by atoms with Gasteiger partial charge in [-0.25, -0.2) is 0 Å². The fourth-order valence-electron chi connectivity index (χ4n) is 3.50. The number of aliphatic imine (C=N–C) groups is 1. The summed E-state index contributed by atoms with van der Waals surface area (Å²) < 4.78 is 42.3. The molecule has 0 spiro atoms. The molecule has 0 aliphatic carbocycles. The lowest BCUT2D eigenvalue weighted by atomic mass is 10.1. The quantitative estimate of drug-likeness (QED) is 0.485. The molecule has 3 rings (SSSR count). The van der Waals surface area contributed by atoms with Gasteiger partial charge in [-0.15, -0.1) is 0 Å². The number of halogens is 3. The molecule has 0 saturated carbocycles. The Morgan fingerprint density at radius 1 is 0.968 bits per heavy atom. The van der Waals surface area contributed by atoms with Crippen LogP contribution in [0.4, 0.5) is 13.2 Å². The van der Waals surface area contributed by atoms with Crippen molar-refractivity contribution < 1.29 is 17.9 Å². The largest absolute Gasteiger partial charge is 0.484 e. The molecule has 1 fully saturated rings. The molecule has 8 heteroatoms. The Bertz CT molecular complexity index is 847. The molecule has 31 heavy (non-hydrogen) atoms. The van der Waals surface area contributed by atoms with Crippen LogP contribution in [0.5, 0.6) is 5.75 Å². The number of benzene rings is 2. The number of nitrogens with zero attached hydrogens (tertiary/aromatic N) is 2. The van der Waals surface area contributed by atoms with Crippen LogP contribution in [0.1, 0.15) is 29.5 Å². The first-order valence-corrected chi connectivity index (χ1v) is 10.4. The van der Waals surface area contributed by atoms with Gasteiger partial charge in [-0.3, -0.25) is 9.89 Å². The van der Waals surface area contributed by atoms with Gasteiger partial charge < -0.3 is 15.4 Å². The second-order valence-corrected chi connectivity index (χ2v) is 7.59. The number of nitrogens with one attached hydrogen (secondary N) is 2.